The number of benzene rings is 1. The molecule has 0 radical (unpaired) electrons. The number of terminal acetylenes is 1. The zero-order chi connectivity index (χ0) is 18.7. The zero-order valence-electron chi connectivity index (χ0n) is 13.5. The Morgan fingerprint density at radius 2 is 1.84 bits per heavy atom. The summed E-state index contributed by atoms with van der Waals surface area (Å²) in [6.45, 7) is 3.30. The van der Waals surface area contributed by atoms with Crippen molar-refractivity contribution < 1.29 is 18.0 Å². The number of nitrogens with one attached hydrogen (secondary N) is 2. The molecule has 0 unspecified atom stereocenters. The number of carbonyl (C=O) groups is 1. The van der Waals surface area contributed by atoms with Gasteiger partial charge >= 0.3 is 6.18 Å². The second-order valence-corrected chi connectivity index (χ2v) is 5.71. The molecule has 1 heterocycles. The molecular weight excluding hydrogens is 333 g/mol. The molecule has 0 saturated heterocycles. The summed E-state index contributed by atoms with van der Waals surface area (Å²) >= 11 is 0. The van der Waals surface area contributed by atoms with E-state index in [1.54, 1.807) is 13.8 Å². The van der Waals surface area contributed by atoms with E-state index < -0.39 is 23.2 Å². The van der Waals surface area contributed by atoms with E-state index in [4.69, 9.17) is 6.42 Å². The first kappa shape index (κ1) is 18.3. The SMILES string of the molecule is C#CC(C)(C)NC(=O)c1cncnc1Nc1ccc(C(F)(F)F)cc1. The summed E-state index contributed by atoms with van der Waals surface area (Å²) in [6, 6.07) is 4.37. The van der Waals surface area contributed by atoms with Gasteiger partial charge in [-0.05, 0) is 38.1 Å². The van der Waals surface area contributed by atoms with Crippen molar-refractivity contribution in [1.29, 1.82) is 0 Å². The van der Waals surface area contributed by atoms with Gasteiger partial charge < -0.3 is 10.6 Å². The average molecular weight is 348 g/mol. The number of carbonyl (C=O) groups excluding carboxylic acids is 1. The second-order valence-electron chi connectivity index (χ2n) is 5.71. The van der Waals surface area contributed by atoms with Crippen molar-refractivity contribution in [3.63, 3.8) is 0 Å². The molecule has 0 atom stereocenters. The fourth-order valence-corrected chi connectivity index (χ4v) is 1.86. The van der Waals surface area contributed by atoms with Gasteiger partial charge in [0.15, 0.2) is 0 Å². The highest BCUT2D eigenvalue weighted by molar-refractivity contribution is 5.99. The van der Waals surface area contributed by atoms with Crippen LogP contribution in [0.2, 0.25) is 0 Å². The Hall–Kier alpha value is -3.08. The Labute approximate surface area is 142 Å². The lowest BCUT2D eigenvalue weighted by atomic mass is 10.1. The van der Waals surface area contributed by atoms with Crippen molar-refractivity contribution >= 4 is 17.4 Å². The van der Waals surface area contributed by atoms with Crippen LogP contribution in [0.3, 0.4) is 0 Å². The fraction of sp³-hybridized carbons (Fsp3) is 0.235. The standard InChI is InChI=1S/C17H15F3N4O/c1-4-16(2,3)24-15(25)13-9-21-10-22-14(13)23-12-7-5-11(6-8-12)17(18,19)20/h1,5-10H,2-3H3,(H,24,25)(H,21,22,23). The van der Waals surface area contributed by atoms with Crippen molar-refractivity contribution in [3.05, 3.63) is 47.9 Å². The number of hydrogen-bond acceptors (Lipinski definition) is 4. The van der Waals surface area contributed by atoms with E-state index >= 15 is 0 Å². The molecule has 2 aromatic rings. The summed E-state index contributed by atoms with van der Waals surface area (Å²) in [6.07, 6.45) is 3.43. The van der Waals surface area contributed by atoms with Crippen LogP contribution in [0.25, 0.3) is 0 Å². The molecule has 0 bridgehead atoms. The van der Waals surface area contributed by atoms with Crippen LogP contribution in [0, 0.1) is 12.3 Å². The van der Waals surface area contributed by atoms with E-state index in [9.17, 15) is 18.0 Å². The second kappa shape index (κ2) is 6.81. The maximum atomic E-state index is 12.6. The minimum atomic E-state index is -4.42. The molecule has 0 spiro atoms. The predicted molar refractivity (Wildman–Crippen MR) is 87.1 cm³/mol. The number of anilines is 2. The zero-order valence-corrected chi connectivity index (χ0v) is 13.5. The maximum absolute atomic E-state index is 12.6. The molecule has 2 rings (SSSR count). The highest BCUT2D eigenvalue weighted by Gasteiger charge is 2.30. The maximum Gasteiger partial charge on any atom is 0.416 e. The lowest BCUT2D eigenvalue weighted by Crippen LogP contribution is -2.42. The Morgan fingerprint density at radius 3 is 2.40 bits per heavy atom. The molecule has 8 heteroatoms. The summed E-state index contributed by atoms with van der Waals surface area (Å²) in [5, 5.41) is 5.44. The van der Waals surface area contributed by atoms with Crippen LogP contribution in [0.1, 0.15) is 29.8 Å². The van der Waals surface area contributed by atoms with Crippen LogP contribution >= 0.6 is 0 Å². The number of aromatic nitrogens is 2. The molecule has 0 aliphatic heterocycles. The highest BCUT2D eigenvalue weighted by Crippen LogP contribution is 2.30. The third kappa shape index (κ3) is 4.70. The third-order valence-corrected chi connectivity index (χ3v) is 3.22. The van der Waals surface area contributed by atoms with E-state index in [-0.39, 0.29) is 11.4 Å². The van der Waals surface area contributed by atoms with Crippen LogP contribution < -0.4 is 10.6 Å². The van der Waals surface area contributed by atoms with Gasteiger partial charge in [0.2, 0.25) is 0 Å². The normalized spacial score (nSPS) is 11.5. The molecule has 5 nitrogen and oxygen atoms in total. The Bertz CT molecular complexity index is 808. The minimum absolute atomic E-state index is 0.116. The fourth-order valence-electron chi connectivity index (χ4n) is 1.86. The molecule has 0 aliphatic rings. The van der Waals surface area contributed by atoms with Crippen LogP contribution in [0.15, 0.2) is 36.8 Å². The van der Waals surface area contributed by atoms with Gasteiger partial charge in [-0.1, -0.05) is 5.92 Å². The van der Waals surface area contributed by atoms with Crippen molar-refractivity contribution in [1.82, 2.24) is 15.3 Å². The third-order valence-electron chi connectivity index (χ3n) is 3.22. The summed E-state index contributed by atoms with van der Waals surface area (Å²) in [4.78, 5) is 20.1. The van der Waals surface area contributed by atoms with Gasteiger partial charge in [0.05, 0.1) is 11.1 Å². The molecule has 1 aromatic carbocycles. The van der Waals surface area contributed by atoms with Gasteiger partial charge in [0.25, 0.3) is 5.91 Å². The van der Waals surface area contributed by atoms with Crippen molar-refractivity contribution in [2.75, 3.05) is 5.32 Å². The number of halogens is 3. The lowest BCUT2D eigenvalue weighted by molar-refractivity contribution is -0.137. The Morgan fingerprint density at radius 1 is 1.20 bits per heavy atom. The monoisotopic (exact) mass is 348 g/mol. The Balaban J connectivity index is 2.24. The van der Waals surface area contributed by atoms with Crippen LogP contribution in [0.5, 0.6) is 0 Å². The van der Waals surface area contributed by atoms with E-state index in [0.29, 0.717) is 5.69 Å². The molecule has 1 amide bonds. The molecule has 130 valence electrons. The van der Waals surface area contributed by atoms with Gasteiger partial charge in [-0.3, -0.25) is 4.79 Å². The van der Waals surface area contributed by atoms with Crippen molar-refractivity contribution in [2.24, 2.45) is 0 Å². The van der Waals surface area contributed by atoms with Crippen LogP contribution in [-0.2, 0) is 6.18 Å². The van der Waals surface area contributed by atoms with E-state index in [1.165, 1.54) is 24.7 Å². The van der Waals surface area contributed by atoms with Gasteiger partial charge in [-0.25, -0.2) is 9.97 Å². The summed E-state index contributed by atoms with van der Waals surface area (Å²) < 4.78 is 37.8. The molecule has 0 fully saturated rings. The molecule has 1 aromatic heterocycles. The average Bonchev–Trinajstić information content (AvgIpc) is 2.54. The van der Waals surface area contributed by atoms with Gasteiger partial charge in [-0.2, -0.15) is 13.2 Å². The molecule has 25 heavy (non-hydrogen) atoms. The van der Waals surface area contributed by atoms with E-state index in [1.807, 2.05) is 0 Å². The topological polar surface area (TPSA) is 66.9 Å². The van der Waals surface area contributed by atoms with Crippen molar-refractivity contribution in [3.8, 4) is 12.3 Å². The largest absolute Gasteiger partial charge is 0.416 e. The Kier molecular flexibility index (Phi) is 4.97. The van der Waals surface area contributed by atoms with Crippen molar-refractivity contribution in [2.45, 2.75) is 25.6 Å². The van der Waals surface area contributed by atoms with Crippen LogP contribution in [0.4, 0.5) is 24.7 Å². The number of rotatable bonds is 4. The predicted octanol–water partition coefficient (Wildman–Crippen LogP) is 3.38. The quantitative estimate of drug-likeness (QED) is 0.832. The number of amides is 1. The first-order valence-corrected chi connectivity index (χ1v) is 7.17. The van der Waals surface area contributed by atoms with Gasteiger partial charge in [-0.15, -0.1) is 6.42 Å². The smallest absolute Gasteiger partial charge is 0.339 e. The molecule has 2 N–H and O–H groups in total. The van der Waals surface area contributed by atoms with Gasteiger partial charge in [0, 0.05) is 11.9 Å². The first-order valence-electron chi connectivity index (χ1n) is 7.17. The van der Waals surface area contributed by atoms with Gasteiger partial charge in [0.1, 0.15) is 17.7 Å². The summed E-state index contributed by atoms with van der Waals surface area (Å²) in [5.41, 5.74) is -1.18. The molecule has 0 aliphatic carbocycles. The minimum Gasteiger partial charge on any atom is -0.339 e. The summed E-state index contributed by atoms with van der Waals surface area (Å²) in [5.74, 6) is 2.08. The first-order chi connectivity index (χ1) is 11.6. The van der Waals surface area contributed by atoms with Crippen LogP contribution in [-0.4, -0.2) is 21.4 Å². The van der Waals surface area contributed by atoms with E-state index in [0.717, 1.165) is 12.1 Å². The molecular formula is C17H15F3N4O. The number of hydrogen-bond donors (Lipinski definition) is 2. The lowest BCUT2D eigenvalue weighted by Gasteiger charge is -2.20. The number of alkyl halides is 3. The summed E-state index contributed by atoms with van der Waals surface area (Å²) in [7, 11) is 0. The molecule has 0 saturated carbocycles. The highest BCUT2D eigenvalue weighted by atomic mass is 19.4. The van der Waals surface area contributed by atoms with E-state index in [2.05, 4.69) is 26.5 Å². The number of nitrogens with zero attached hydrogens (tertiary/aromatic N) is 2.